The Morgan fingerprint density at radius 2 is 0.821 bits per heavy atom. The molecule has 28 heavy (non-hydrogen) atoms. The first-order valence-electron chi connectivity index (χ1n) is 11.1. The summed E-state index contributed by atoms with van der Waals surface area (Å²) in [6.45, 7) is 9.17. The summed E-state index contributed by atoms with van der Waals surface area (Å²) in [5.74, 6) is 4.35. The summed E-state index contributed by atoms with van der Waals surface area (Å²) in [4.78, 5) is 0. The molecule has 2 saturated carbocycles. The van der Waals surface area contributed by atoms with Crippen LogP contribution in [0.3, 0.4) is 0 Å². The molecule has 4 aromatic carbocycles. The molecule has 0 aliphatic heterocycles. The SMILES string of the molecule is CC1CC2CC(C)CC2C1.Cc1cc2ccc3cc(C)cc4ccc(c1)c2c34. The molecule has 0 atom stereocenters. The second-order valence-corrected chi connectivity index (χ2v) is 9.98. The minimum Gasteiger partial charge on any atom is -0.0625 e. The van der Waals surface area contributed by atoms with E-state index < -0.39 is 0 Å². The molecule has 0 heteroatoms. The van der Waals surface area contributed by atoms with Gasteiger partial charge in [0.1, 0.15) is 0 Å². The Morgan fingerprint density at radius 1 is 0.536 bits per heavy atom. The predicted octanol–water partition coefficient (Wildman–Crippen LogP) is 8.28. The van der Waals surface area contributed by atoms with Crippen LogP contribution in [0.1, 0.15) is 50.7 Å². The summed E-state index contributed by atoms with van der Waals surface area (Å²) >= 11 is 0. The molecule has 0 radical (unpaired) electrons. The van der Waals surface area contributed by atoms with Crippen LogP contribution in [-0.4, -0.2) is 0 Å². The van der Waals surface area contributed by atoms with Crippen molar-refractivity contribution in [3.63, 3.8) is 0 Å². The van der Waals surface area contributed by atoms with Crippen LogP contribution in [0, 0.1) is 37.5 Å². The van der Waals surface area contributed by atoms with Crippen LogP contribution in [0.4, 0.5) is 0 Å². The Balaban J connectivity index is 0.000000145. The molecule has 0 saturated heterocycles. The summed E-state index contributed by atoms with van der Waals surface area (Å²) in [7, 11) is 0. The lowest BCUT2D eigenvalue weighted by Gasteiger charge is -2.12. The van der Waals surface area contributed by atoms with Crippen molar-refractivity contribution >= 4 is 32.3 Å². The van der Waals surface area contributed by atoms with E-state index in [9.17, 15) is 0 Å². The summed E-state index contributed by atoms with van der Waals surface area (Å²) in [6, 6.07) is 18.1. The molecule has 2 aliphatic carbocycles. The molecular formula is C28H32. The third kappa shape index (κ3) is 3.08. The van der Waals surface area contributed by atoms with Gasteiger partial charge in [-0.05, 0) is 107 Å². The van der Waals surface area contributed by atoms with Crippen molar-refractivity contribution in [2.24, 2.45) is 23.7 Å². The maximum absolute atomic E-state index is 2.42. The van der Waals surface area contributed by atoms with Crippen LogP contribution < -0.4 is 0 Å². The van der Waals surface area contributed by atoms with Gasteiger partial charge in [-0.15, -0.1) is 0 Å². The number of rotatable bonds is 0. The molecule has 0 spiro atoms. The molecule has 2 aliphatic rings. The first kappa shape index (κ1) is 18.0. The van der Waals surface area contributed by atoms with Crippen LogP contribution in [0.2, 0.25) is 0 Å². The van der Waals surface area contributed by atoms with Crippen molar-refractivity contribution in [2.75, 3.05) is 0 Å². The zero-order chi connectivity index (χ0) is 19.4. The van der Waals surface area contributed by atoms with E-state index in [-0.39, 0.29) is 0 Å². The lowest BCUT2D eigenvalue weighted by Crippen LogP contribution is -1.95. The van der Waals surface area contributed by atoms with Crippen molar-refractivity contribution in [3.8, 4) is 0 Å². The second-order valence-electron chi connectivity index (χ2n) is 9.98. The van der Waals surface area contributed by atoms with Crippen LogP contribution >= 0.6 is 0 Å². The minimum atomic E-state index is 1.04. The largest absolute Gasteiger partial charge is 0.0625 e. The van der Waals surface area contributed by atoms with Gasteiger partial charge in [0.25, 0.3) is 0 Å². The van der Waals surface area contributed by atoms with Gasteiger partial charge in [-0.1, -0.05) is 62.4 Å². The van der Waals surface area contributed by atoms with Gasteiger partial charge in [0.05, 0.1) is 0 Å². The normalized spacial score (nSPS) is 26.7. The van der Waals surface area contributed by atoms with Gasteiger partial charge in [0.2, 0.25) is 0 Å². The van der Waals surface area contributed by atoms with Crippen LogP contribution in [0.15, 0.2) is 48.5 Å². The highest BCUT2D eigenvalue weighted by Crippen LogP contribution is 2.48. The molecule has 0 amide bonds. The average Bonchev–Trinajstić information content (AvgIpc) is 3.14. The summed E-state index contributed by atoms with van der Waals surface area (Å²) < 4.78 is 0. The lowest BCUT2D eigenvalue weighted by atomic mass is 9.92. The number of fused-ring (bicyclic) bond motifs is 1. The van der Waals surface area contributed by atoms with Crippen molar-refractivity contribution in [1.82, 2.24) is 0 Å². The summed E-state index contributed by atoms with van der Waals surface area (Å²) in [6.07, 6.45) is 6.15. The van der Waals surface area contributed by atoms with Gasteiger partial charge in [0, 0.05) is 0 Å². The third-order valence-electron chi connectivity index (χ3n) is 7.31. The first-order chi connectivity index (χ1) is 13.5. The Bertz CT molecular complexity index is 965. The van der Waals surface area contributed by atoms with Crippen molar-refractivity contribution in [2.45, 2.75) is 53.4 Å². The van der Waals surface area contributed by atoms with Gasteiger partial charge in [-0.25, -0.2) is 0 Å². The second kappa shape index (κ2) is 6.76. The van der Waals surface area contributed by atoms with E-state index in [2.05, 4.69) is 76.2 Å². The zero-order valence-electron chi connectivity index (χ0n) is 17.8. The molecule has 0 N–H and O–H groups in total. The van der Waals surface area contributed by atoms with E-state index in [1.54, 1.807) is 0 Å². The van der Waals surface area contributed by atoms with E-state index in [1.807, 2.05) is 0 Å². The number of hydrogen-bond donors (Lipinski definition) is 0. The Labute approximate surface area is 169 Å². The van der Waals surface area contributed by atoms with E-state index >= 15 is 0 Å². The zero-order valence-corrected chi connectivity index (χ0v) is 17.8. The van der Waals surface area contributed by atoms with E-state index in [0.717, 1.165) is 23.7 Å². The van der Waals surface area contributed by atoms with Crippen molar-refractivity contribution in [3.05, 3.63) is 59.7 Å². The van der Waals surface area contributed by atoms with Gasteiger partial charge in [-0.2, -0.15) is 0 Å². The van der Waals surface area contributed by atoms with E-state index in [0.29, 0.717) is 0 Å². The van der Waals surface area contributed by atoms with Crippen molar-refractivity contribution in [1.29, 1.82) is 0 Å². The highest BCUT2D eigenvalue weighted by Gasteiger charge is 2.38. The first-order valence-corrected chi connectivity index (χ1v) is 11.1. The monoisotopic (exact) mass is 368 g/mol. The molecule has 2 fully saturated rings. The number of benzene rings is 4. The lowest BCUT2D eigenvalue weighted by molar-refractivity contribution is 0.457. The summed E-state index contributed by atoms with van der Waals surface area (Å²) in [5, 5.41) is 8.24. The molecule has 6 rings (SSSR count). The topological polar surface area (TPSA) is 0 Å². The highest BCUT2D eigenvalue weighted by atomic mass is 14.4. The fourth-order valence-electron chi connectivity index (χ4n) is 6.37. The quantitative estimate of drug-likeness (QED) is 0.274. The van der Waals surface area contributed by atoms with Gasteiger partial charge >= 0.3 is 0 Å². The van der Waals surface area contributed by atoms with Gasteiger partial charge < -0.3 is 0 Å². The number of hydrogen-bond acceptors (Lipinski definition) is 0. The fourth-order valence-corrected chi connectivity index (χ4v) is 6.37. The van der Waals surface area contributed by atoms with Crippen molar-refractivity contribution < 1.29 is 0 Å². The molecule has 0 bridgehead atoms. The molecule has 0 nitrogen and oxygen atoms in total. The van der Waals surface area contributed by atoms with Gasteiger partial charge in [0.15, 0.2) is 0 Å². The van der Waals surface area contributed by atoms with Crippen LogP contribution in [0.5, 0.6) is 0 Å². The Hall–Kier alpha value is -2.08. The predicted molar refractivity (Wildman–Crippen MR) is 123 cm³/mol. The molecule has 144 valence electrons. The minimum absolute atomic E-state index is 1.04. The smallest absolute Gasteiger partial charge is 0.00266 e. The van der Waals surface area contributed by atoms with Crippen LogP contribution in [0.25, 0.3) is 32.3 Å². The molecule has 0 unspecified atom stereocenters. The third-order valence-corrected chi connectivity index (χ3v) is 7.31. The van der Waals surface area contributed by atoms with E-state index in [4.69, 9.17) is 0 Å². The Kier molecular flexibility index (Phi) is 4.34. The van der Waals surface area contributed by atoms with Crippen LogP contribution in [-0.2, 0) is 0 Å². The summed E-state index contributed by atoms with van der Waals surface area (Å²) in [5.41, 5.74) is 2.66. The molecular weight excluding hydrogens is 336 g/mol. The van der Waals surface area contributed by atoms with E-state index in [1.165, 1.54) is 69.1 Å². The fraction of sp³-hybridized carbons (Fsp3) is 0.429. The molecule has 0 heterocycles. The molecule has 4 aromatic rings. The number of aryl methyl sites for hydroxylation is 2. The average molecular weight is 369 g/mol. The van der Waals surface area contributed by atoms with Gasteiger partial charge in [-0.3, -0.25) is 0 Å². The maximum Gasteiger partial charge on any atom is -0.00266 e. The maximum atomic E-state index is 2.42. The highest BCUT2D eigenvalue weighted by molar-refractivity contribution is 6.23. The Morgan fingerprint density at radius 3 is 1.11 bits per heavy atom. The standard InChI is InChI=1S/C18H14.C10H18/c1-11-7-13-3-5-15-9-12(2)10-16-6-4-14(8-11)17(13)18(15)16;1-7-3-9-5-8(2)6-10(9)4-7/h3-10H,1-2H3;7-10H,3-6H2,1-2H3. The molecule has 0 aromatic heterocycles.